The third-order valence-electron chi connectivity index (χ3n) is 2.97. The Balaban J connectivity index is -0.000000150. The Morgan fingerprint density at radius 2 is 1.22 bits per heavy atom. The van der Waals surface area contributed by atoms with E-state index in [1.165, 1.54) is 7.11 Å². The minimum atomic E-state index is -1.11. The van der Waals surface area contributed by atoms with Crippen molar-refractivity contribution in [1.82, 2.24) is 0 Å². The quantitative estimate of drug-likeness (QED) is 0.112. The van der Waals surface area contributed by atoms with Crippen molar-refractivity contribution in [2.24, 2.45) is 5.41 Å². The van der Waals surface area contributed by atoms with Crippen molar-refractivity contribution in [3.05, 3.63) is 12.7 Å². The average Bonchev–Trinajstić information content (AvgIpc) is 2.63. The van der Waals surface area contributed by atoms with Crippen LogP contribution in [0.25, 0.3) is 0 Å². The van der Waals surface area contributed by atoms with Crippen LogP contribution in [0.15, 0.2) is 12.7 Å². The smallest absolute Gasteiger partial charge is 0.550 e. The van der Waals surface area contributed by atoms with E-state index in [9.17, 15) is 24.6 Å². The van der Waals surface area contributed by atoms with E-state index >= 15 is 0 Å². The second-order valence-electron chi connectivity index (χ2n) is 5.16. The number of carbonyl (C=O) groups excluding carboxylic acids is 3. The molecular formula is C16H28CaO10. The van der Waals surface area contributed by atoms with Crippen LogP contribution in [-0.4, -0.2) is 110 Å². The number of methoxy groups -OCH3 is 1. The molecule has 0 saturated carbocycles. The number of carbonyl (C=O) groups is 3. The number of unbranched alkanes of at least 4 members (excludes halogenated alkanes) is 2. The normalized spacial score (nSPS) is 9.37. The molecule has 0 unspecified atom stereocenters. The first-order chi connectivity index (χ1) is 12.2. The molecular weight excluding hydrogens is 392 g/mol. The zero-order valence-electron chi connectivity index (χ0n) is 15.6. The van der Waals surface area contributed by atoms with E-state index in [1.807, 2.05) is 0 Å². The van der Waals surface area contributed by atoms with E-state index in [0.29, 0.717) is 19.3 Å². The van der Waals surface area contributed by atoms with Crippen LogP contribution in [0.4, 0.5) is 0 Å². The van der Waals surface area contributed by atoms with Gasteiger partial charge >= 0.3 is 43.7 Å². The molecule has 0 aliphatic carbocycles. The number of carboxylic acids is 2. The molecule has 0 atom stereocenters. The Morgan fingerprint density at radius 3 is 1.33 bits per heavy atom. The Bertz CT molecular complexity index is 363. The zero-order chi connectivity index (χ0) is 21.0. The van der Waals surface area contributed by atoms with Gasteiger partial charge in [-0.3, -0.25) is 0 Å². The predicted octanol–water partition coefficient (Wildman–Crippen LogP) is -3.66. The molecule has 0 aliphatic rings. The van der Waals surface area contributed by atoms with Gasteiger partial charge in [-0.25, -0.2) is 4.79 Å². The van der Waals surface area contributed by atoms with Crippen molar-refractivity contribution in [3.8, 4) is 0 Å². The van der Waals surface area contributed by atoms with Crippen LogP contribution >= 0.6 is 0 Å². The number of aliphatic hydroxyl groups excluding tert-OH is 4. The summed E-state index contributed by atoms with van der Waals surface area (Å²) in [5, 5.41) is 53.7. The number of esters is 1. The first kappa shape index (κ1) is 33.8. The maximum atomic E-state index is 9.86. The van der Waals surface area contributed by atoms with Gasteiger partial charge in [0.05, 0.1) is 39.0 Å². The number of hydrogen-bond acceptors (Lipinski definition) is 10. The van der Waals surface area contributed by atoms with Crippen molar-refractivity contribution in [2.75, 3.05) is 33.5 Å². The molecule has 4 N–H and O–H groups in total. The summed E-state index contributed by atoms with van der Waals surface area (Å²) >= 11 is 0. The molecule has 0 rings (SSSR count). The van der Waals surface area contributed by atoms with Gasteiger partial charge in [-0.2, -0.15) is 0 Å². The first-order valence-corrected chi connectivity index (χ1v) is 7.72. The molecule has 11 heteroatoms. The number of aliphatic hydroxyl groups is 4. The fourth-order valence-corrected chi connectivity index (χ4v) is 1.10. The van der Waals surface area contributed by atoms with Crippen molar-refractivity contribution >= 4 is 55.6 Å². The van der Waals surface area contributed by atoms with E-state index in [-0.39, 0.29) is 50.6 Å². The van der Waals surface area contributed by atoms with Gasteiger partial charge in [0, 0.05) is 18.0 Å². The summed E-state index contributed by atoms with van der Waals surface area (Å²) in [7, 11) is 1.31. The van der Waals surface area contributed by atoms with E-state index in [1.54, 1.807) is 0 Å². The third kappa shape index (κ3) is 25.2. The van der Waals surface area contributed by atoms with E-state index in [2.05, 4.69) is 11.3 Å². The summed E-state index contributed by atoms with van der Waals surface area (Å²) in [5.41, 5.74) is -1.11. The average molecular weight is 420 g/mol. The molecule has 154 valence electrons. The van der Waals surface area contributed by atoms with Crippen LogP contribution in [0.1, 0.15) is 32.1 Å². The van der Waals surface area contributed by atoms with Gasteiger partial charge in [0.25, 0.3) is 0 Å². The fourth-order valence-electron chi connectivity index (χ4n) is 1.10. The Hall–Kier alpha value is -0.750. The summed E-state index contributed by atoms with van der Waals surface area (Å²) in [5.74, 6) is -2.56. The Labute approximate surface area is 188 Å². The van der Waals surface area contributed by atoms with Gasteiger partial charge in [-0.15, -0.1) is 0 Å². The van der Waals surface area contributed by atoms with Crippen LogP contribution in [0, 0.1) is 5.41 Å². The van der Waals surface area contributed by atoms with Gasteiger partial charge in [0.2, 0.25) is 0 Å². The molecule has 0 aromatic heterocycles. The zero-order valence-corrected chi connectivity index (χ0v) is 17.8. The van der Waals surface area contributed by atoms with Crippen molar-refractivity contribution in [1.29, 1.82) is 0 Å². The molecule has 0 aliphatic heterocycles. The molecule has 0 radical (unpaired) electrons. The molecule has 0 aromatic rings. The number of hydrogen-bond donors (Lipinski definition) is 4. The third-order valence-corrected chi connectivity index (χ3v) is 2.97. The summed E-state index contributed by atoms with van der Waals surface area (Å²) in [6.45, 7) is 1.53. The standard InChI is InChI=1S/C7H12O4.C5H12O4.C4H6O2.Ca/c8-6(9)4-2-1-3-5-7(10)11;6-1-5(2-7,3-8)4-9;1-3-4(5)6-2;/h1-5H2,(H,8,9)(H,10,11);6-9H,1-4H2;3H,1H2,2H3;/q;;;+2/p-2. The monoisotopic (exact) mass is 420 g/mol. The Kier molecular flexibility index (Phi) is 29.2. The van der Waals surface area contributed by atoms with Crippen molar-refractivity contribution in [2.45, 2.75) is 32.1 Å². The summed E-state index contributed by atoms with van der Waals surface area (Å²) in [6, 6.07) is 0. The van der Waals surface area contributed by atoms with Gasteiger partial charge in [0.1, 0.15) is 0 Å². The fraction of sp³-hybridized carbons (Fsp3) is 0.688. The molecule has 0 fully saturated rings. The summed E-state index contributed by atoms with van der Waals surface area (Å²) in [6.07, 6.45) is 2.69. The van der Waals surface area contributed by atoms with Crippen molar-refractivity contribution in [3.63, 3.8) is 0 Å². The molecule has 0 saturated heterocycles. The Morgan fingerprint density at radius 1 is 0.889 bits per heavy atom. The maximum absolute atomic E-state index is 9.86. The molecule has 0 amide bonds. The number of carboxylic acid groups (broad SMARTS) is 2. The number of aliphatic carboxylic acids is 2. The maximum Gasteiger partial charge on any atom is 2.00 e. The van der Waals surface area contributed by atoms with E-state index < -0.39 is 49.8 Å². The second-order valence-corrected chi connectivity index (χ2v) is 5.16. The summed E-state index contributed by atoms with van der Waals surface area (Å²) in [4.78, 5) is 29.6. The van der Waals surface area contributed by atoms with Crippen LogP contribution in [-0.2, 0) is 19.1 Å². The van der Waals surface area contributed by atoms with Gasteiger partial charge in [-0.05, 0) is 25.7 Å². The molecule has 10 nitrogen and oxygen atoms in total. The van der Waals surface area contributed by atoms with Crippen LogP contribution in [0.3, 0.4) is 0 Å². The van der Waals surface area contributed by atoms with Crippen LogP contribution in [0.2, 0.25) is 0 Å². The molecule has 27 heavy (non-hydrogen) atoms. The first-order valence-electron chi connectivity index (χ1n) is 7.72. The molecule has 0 heterocycles. The van der Waals surface area contributed by atoms with Gasteiger partial charge in [-0.1, -0.05) is 13.0 Å². The van der Waals surface area contributed by atoms with E-state index in [0.717, 1.165) is 6.08 Å². The largest absolute Gasteiger partial charge is 2.00 e. The van der Waals surface area contributed by atoms with Gasteiger partial charge in [0.15, 0.2) is 0 Å². The molecule has 0 aromatic carbocycles. The predicted molar refractivity (Wildman–Crippen MR) is 91.8 cm³/mol. The summed E-state index contributed by atoms with van der Waals surface area (Å²) < 4.78 is 4.14. The van der Waals surface area contributed by atoms with E-state index in [4.69, 9.17) is 20.4 Å². The topological polar surface area (TPSA) is 187 Å². The van der Waals surface area contributed by atoms with Crippen molar-refractivity contribution < 1.29 is 49.8 Å². The number of ether oxygens (including phenoxy) is 1. The minimum Gasteiger partial charge on any atom is -0.550 e. The molecule has 0 spiro atoms. The SMILES string of the molecule is C=CC(=O)OC.O=C([O-])CCCCCC(=O)[O-].OCC(CO)(CO)CO.[Ca+2]. The van der Waals surface area contributed by atoms with Gasteiger partial charge < -0.3 is 45.0 Å². The van der Waals surface area contributed by atoms with Crippen LogP contribution in [0.5, 0.6) is 0 Å². The molecule has 0 bridgehead atoms. The minimum absolute atomic E-state index is 0. The van der Waals surface area contributed by atoms with Crippen LogP contribution < -0.4 is 10.2 Å². The number of rotatable bonds is 11. The second kappa shape index (κ2) is 23.3.